The maximum atomic E-state index is 13.4. The van der Waals surface area contributed by atoms with Gasteiger partial charge in [-0.1, -0.05) is 30.3 Å². The van der Waals surface area contributed by atoms with Crippen LogP contribution in [0.5, 0.6) is 0 Å². The average molecular weight is 376 g/mol. The zero-order valence-electron chi connectivity index (χ0n) is 15.7. The van der Waals surface area contributed by atoms with Crippen LogP contribution in [0.25, 0.3) is 5.69 Å². The van der Waals surface area contributed by atoms with Crippen LogP contribution in [-0.2, 0) is 16.1 Å². The molecule has 1 aliphatic heterocycles. The van der Waals surface area contributed by atoms with Crippen LogP contribution < -0.4 is 9.80 Å². The first-order valence-corrected chi connectivity index (χ1v) is 8.90. The van der Waals surface area contributed by atoms with Gasteiger partial charge in [-0.05, 0) is 24.3 Å². The Balaban J connectivity index is 1.78. The summed E-state index contributed by atoms with van der Waals surface area (Å²) in [5.74, 6) is -0.418. The summed E-state index contributed by atoms with van der Waals surface area (Å²) in [4.78, 5) is 28.9. The molecule has 3 aromatic rings. The Hall–Kier alpha value is -3.45. The molecule has 0 fully saturated rings. The summed E-state index contributed by atoms with van der Waals surface area (Å²) in [7, 11) is 3.29. The number of hydrogen-bond acceptors (Lipinski definition) is 4. The van der Waals surface area contributed by atoms with Crippen molar-refractivity contribution < 1.29 is 14.3 Å². The van der Waals surface area contributed by atoms with E-state index in [2.05, 4.69) is 5.10 Å². The van der Waals surface area contributed by atoms with Crippen molar-refractivity contribution in [1.82, 2.24) is 9.78 Å². The predicted octanol–water partition coefficient (Wildman–Crippen LogP) is 2.64. The Morgan fingerprint density at radius 2 is 1.75 bits per heavy atom. The predicted molar refractivity (Wildman–Crippen MR) is 106 cm³/mol. The van der Waals surface area contributed by atoms with Gasteiger partial charge in [0.1, 0.15) is 6.54 Å². The maximum absolute atomic E-state index is 13.4. The summed E-state index contributed by atoms with van der Waals surface area (Å²) >= 11 is 0. The van der Waals surface area contributed by atoms with Crippen molar-refractivity contribution in [2.75, 3.05) is 30.5 Å². The molecule has 2 heterocycles. The van der Waals surface area contributed by atoms with Gasteiger partial charge in [-0.15, -0.1) is 0 Å². The molecule has 0 atom stereocenters. The number of amides is 2. The molecule has 0 aliphatic carbocycles. The number of aromatic nitrogens is 2. The highest BCUT2D eigenvalue weighted by Gasteiger charge is 2.33. The van der Waals surface area contributed by atoms with Crippen LogP contribution in [0.15, 0.2) is 60.8 Å². The van der Waals surface area contributed by atoms with Gasteiger partial charge in [0.25, 0.3) is 5.91 Å². The molecule has 7 nitrogen and oxygen atoms in total. The number of fused-ring (bicyclic) bond motifs is 1. The van der Waals surface area contributed by atoms with Gasteiger partial charge in [-0.25, -0.2) is 4.68 Å². The standard InChI is InChI=1S/C21H20N4O3/c1-23-17-10-6-7-11-18(17)24(13-20(23)26)21(27)16-12-22-25(19(16)14-28-2)15-8-4-3-5-9-15/h3-12H,13-14H2,1-2H3. The topological polar surface area (TPSA) is 67.7 Å². The minimum Gasteiger partial charge on any atom is -0.378 e. The molecular weight excluding hydrogens is 356 g/mol. The van der Waals surface area contributed by atoms with Gasteiger partial charge in [0, 0.05) is 14.2 Å². The number of para-hydroxylation sites is 3. The molecule has 2 amide bonds. The van der Waals surface area contributed by atoms with Crippen LogP contribution in [0.4, 0.5) is 11.4 Å². The van der Waals surface area contributed by atoms with Crippen molar-refractivity contribution >= 4 is 23.2 Å². The van der Waals surface area contributed by atoms with Gasteiger partial charge < -0.3 is 9.64 Å². The summed E-state index contributed by atoms with van der Waals surface area (Å²) in [5.41, 5.74) is 3.30. The van der Waals surface area contributed by atoms with Crippen molar-refractivity contribution in [3.05, 3.63) is 72.1 Å². The highest BCUT2D eigenvalue weighted by Crippen LogP contribution is 2.33. The second-order valence-corrected chi connectivity index (χ2v) is 6.52. The molecule has 1 aliphatic rings. The summed E-state index contributed by atoms with van der Waals surface area (Å²) in [6.45, 7) is 0.203. The van der Waals surface area contributed by atoms with Crippen molar-refractivity contribution in [2.24, 2.45) is 0 Å². The molecule has 7 heteroatoms. The zero-order chi connectivity index (χ0) is 19.7. The lowest BCUT2D eigenvalue weighted by molar-refractivity contribution is -0.117. The fourth-order valence-electron chi connectivity index (χ4n) is 3.38. The molecule has 0 bridgehead atoms. The second-order valence-electron chi connectivity index (χ2n) is 6.52. The highest BCUT2D eigenvalue weighted by molar-refractivity contribution is 6.16. The van der Waals surface area contributed by atoms with Gasteiger partial charge in [-0.2, -0.15) is 5.10 Å². The molecule has 2 aromatic carbocycles. The van der Waals surface area contributed by atoms with E-state index < -0.39 is 0 Å². The molecule has 0 saturated heterocycles. The molecule has 4 rings (SSSR count). The van der Waals surface area contributed by atoms with Crippen molar-refractivity contribution in [3.8, 4) is 5.69 Å². The lowest BCUT2D eigenvalue weighted by Gasteiger charge is -2.34. The smallest absolute Gasteiger partial charge is 0.262 e. The van der Waals surface area contributed by atoms with Crippen molar-refractivity contribution in [3.63, 3.8) is 0 Å². The third kappa shape index (κ3) is 2.95. The fourth-order valence-corrected chi connectivity index (χ4v) is 3.38. The lowest BCUT2D eigenvalue weighted by atomic mass is 10.1. The molecule has 0 unspecified atom stereocenters. The first-order chi connectivity index (χ1) is 13.6. The van der Waals surface area contributed by atoms with E-state index >= 15 is 0 Å². The lowest BCUT2D eigenvalue weighted by Crippen LogP contribution is -2.46. The van der Waals surface area contributed by atoms with E-state index in [1.54, 1.807) is 23.7 Å². The molecule has 0 saturated carbocycles. The summed E-state index contributed by atoms with van der Waals surface area (Å²) in [6, 6.07) is 16.9. The third-order valence-electron chi connectivity index (χ3n) is 4.83. The second kappa shape index (κ2) is 7.28. The van der Waals surface area contributed by atoms with Crippen LogP contribution in [0.2, 0.25) is 0 Å². The molecule has 0 spiro atoms. The number of hydrogen-bond donors (Lipinski definition) is 0. The molecular formula is C21H20N4O3. The summed E-state index contributed by atoms with van der Waals surface area (Å²) < 4.78 is 7.02. The van der Waals surface area contributed by atoms with Gasteiger partial charge in [0.15, 0.2) is 0 Å². The molecule has 0 N–H and O–H groups in total. The van der Waals surface area contributed by atoms with E-state index in [1.165, 1.54) is 11.1 Å². The Kier molecular flexibility index (Phi) is 4.67. The van der Waals surface area contributed by atoms with Gasteiger partial charge in [-0.3, -0.25) is 14.5 Å². The van der Waals surface area contributed by atoms with E-state index in [9.17, 15) is 9.59 Å². The number of rotatable bonds is 4. The Morgan fingerprint density at radius 1 is 1.07 bits per heavy atom. The summed E-state index contributed by atoms with van der Waals surface area (Å²) in [5, 5.41) is 4.40. The normalized spacial score (nSPS) is 13.6. The van der Waals surface area contributed by atoms with Crippen LogP contribution in [0.1, 0.15) is 16.1 Å². The maximum Gasteiger partial charge on any atom is 0.262 e. The number of carbonyl (C=O) groups excluding carboxylic acids is 2. The first-order valence-electron chi connectivity index (χ1n) is 8.90. The summed E-state index contributed by atoms with van der Waals surface area (Å²) in [6.07, 6.45) is 1.54. The fraction of sp³-hybridized carbons (Fsp3) is 0.190. The number of carbonyl (C=O) groups is 2. The van der Waals surface area contributed by atoms with Crippen LogP contribution in [-0.4, -0.2) is 42.3 Å². The van der Waals surface area contributed by atoms with E-state index in [-0.39, 0.29) is 25.0 Å². The van der Waals surface area contributed by atoms with E-state index in [4.69, 9.17) is 4.74 Å². The number of nitrogens with zero attached hydrogens (tertiary/aromatic N) is 4. The van der Waals surface area contributed by atoms with Crippen molar-refractivity contribution in [2.45, 2.75) is 6.61 Å². The number of methoxy groups -OCH3 is 1. The van der Waals surface area contributed by atoms with Crippen LogP contribution >= 0.6 is 0 Å². The number of ether oxygens (including phenoxy) is 1. The monoisotopic (exact) mass is 376 g/mol. The minimum atomic E-state index is -0.275. The SMILES string of the molecule is COCc1c(C(=O)N2CC(=O)N(C)c3ccccc32)cnn1-c1ccccc1. The van der Waals surface area contributed by atoms with Gasteiger partial charge in [0.05, 0.1) is 41.1 Å². The van der Waals surface area contributed by atoms with E-state index in [0.717, 1.165) is 5.69 Å². The number of likely N-dealkylation sites (N-methyl/N-ethyl adjacent to an activating group) is 1. The number of benzene rings is 2. The third-order valence-corrected chi connectivity index (χ3v) is 4.83. The number of anilines is 2. The molecule has 142 valence electrons. The highest BCUT2D eigenvalue weighted by atomic mass is 16.5. The van der Waals surface area contributed by atoms with Crippen molar-refractivity contribution in [1.29, 1.82) is 0 Å². The van der Waals surface area contributed by atoms with Crippen LogP contribution in [0, 0.1) is 0 Å². The Bertz CT molecular complexity index is 1030. The Labute approximate surface area is 162 Å². The first kappa shape index (κ1) is 17.9. The Morgan fingerprint density at radius 3 is 2.46 bits per heavy atom. The molecule has 28 heavy (non-hydrogen) atoms. The molecule has 0 radical (unpaired) electrons. The molecule has 1 aromatic heterocycles. The minimum absolute atomic E-state index is 0.0186. The van der Waals surface area contributed by atoms with Gasteiger partial charge in [0.2, 0.25) is 5.91 Å². The van der Waals surface area contributed by atoms with Crippen LogP contribution in [0.3, 0.4) is 0 Å². The quantitative estimate of drug-likeness (QED) is 0.702. The van der Waals surface area contributed by atoms with E-state index in [1.807, 2.05) is 54.6 Å². The average Bonchev–Trinajstić information content (AvgIpc) is 3.15. The van der Waals surface area contributed by atoms with E-state index in [0.29, 0.717) is 22.6 Å². The zero-order valence-corrected chi connectivity index (χ0v) is 15.7. The largest absolute Gasteiger partial charge is 0.378 e. The van der Waals surface area contributed by atoms with Gasteiger partial charge >= 0.3 is 0 Å².